The van der Waals surface area contributed by atoms with Crippen LogP contribution in [0, 0.1) is 0 Å². The molecule has 0 bridgehead atoms. The van der Waals surface area contributed by atoms with Gasteiger partial charge >= 0.3 is 0 Å². The van der Waals surface area contributed by atoms with Gasteiger partial charge in [-0.15, -0.1) is 0 Å². The second kappa shape index (κ2) is 2.13. The SMILES string of the molecule is ClC1=CN(Cl)NS1. The third kappa shape index (κ3) is 1.42. The maximum atomic E-state index is 5.44. The summed E-state index contributed by atoms with van der Waals surface area (Å²) in [6.45, 7) is 0. The van der Waals surface area contributed by atoms with Crippen molar-refractivity contribution < 1.29 is 0 Å². The summed E-state index contributed by atoms with van der Waals surface area (Å²) >= 11 is 12.1. The number of hydrazine groups is 1. The number of nitrogens with one attached hydrogen (secondary N) is 1. The van der Waals surface area contributed by atoms with E-state index >= 15 is 0 Å². The zero-order chi connectivity index (χ0) is 5.28. The molecule has 0 aromatic heterocycles. The number of nitrogens with zero attached hydrogens (tertiary/aromatic N) is 1. The normalized spacial score (nSPS) is 20.3. The molecule has 0 saturated heterocycles. The molecule has 1 heterocycles. The average molecular weight is 157 g/mol. The van der Waals surface area contributed by atoms with Gasteiger partial charge in [0.25, 0.3) is 0 Å². The van der Waals surface area contributed by atoms with Crippen molar-refractivity contribution in [2.75, 3.05) is 0 Å². The van der Waals surface area contributed by atoms with E-state index in [0.29, 0.717) is 4.36 Å². The van der Waals surface area contributed by atoms with Crippen molar-refractivity contribution in [1.29, 1.82) is 0 Å². The van der Waals surface area contributed by atoms with E-state index in [4.69, 9.17) is 23.4 Å². The Kier molecular flexibility index (Phi) is 1.69. The summed E-state index contributed by atoms with van der Waals surface area (Å²) in [5.74, 6) is 0. The third-order valence-electron chi connectivity index (χ3n) is 0.445. The van der Waals surface area contributed by atoms with E-state index in [-0.39, 0.29) is 0 Å². The molecular formula is C2H2Cl2N2S. The number of halogens is 2. The van der Waals surface area contributed by atoms with Crippen molar-refractivity contribution in [2.45, 2.75) is 0 Å². The zero-order valence-corrected chi connectivity index (χ0v) is 5.52. The van der Waals surface area contributed by atoms with Gasteiger partial charge in [-0.05, 0) is 11.9 Å². The number of rotatable bonds is 0. The van der Waals surface area contributed by atoms with Gasteiger partial charge in [-0.2, -0.15) is 4.83 Å². The molecular weight excluding hydrogens is 155 g/mol. The van der Waals surface area contributed by atoms with Crippen LogP contribution in [0.1, 0.15) is 0 Å². The molecule has 7 heavy (non-hydrogen) atoms. The topological polar surface area (TPSA) is 15.3 Å². The molecule has 2 nitrogen and oxygen atoms in total. The Morgan fingerprint density at radius 3 is 2.71 bits per heavy atom. The molecule has 0 amide bonds. The molecule has 1 aliphatic rings. The van der Waals surface area contributed by atoms with E-state index in [2.05, 4.69) is 4.83 Å². The van der Waals surface area contributed by atoms with Gasteiger partial charge in [-0.1, -0.05) is 11.6 Å². The molecule has 0 unspecified atom stereocenters. The first-order valence-electron chi connectivity index (χ1n) is 1.54. The second-order valence-electron chi connectivity index (χ2n) is 0.938. The van der Waals surface area contributed by atoms with Crippen LogP contribution in [0.3, 0.4) is 0 Å². The Morgan fingerprint density at radius 2 is 2.57 bits per heavy atom. The lowest BCUT2D eigenvalue weighted by Crippen LogP contribution is -2.10. The van der Waals surface area contributed by atoms with Gasteiger partial charge in [0.05, 0.1) is 6.20 Å². The van der Waals surface area contributed by atoms with Gasteiger partial charge in [-0.3, -0.25) is 0 Å². The Hall–Kier alpha value is 0.430. The summed E-state index contributed by atoms with van der Waals surface area (Å²) < 4.78 is 1.92. The van der Waals surface area contributed by atoms with Crippen LogP contribution in [0.5, 0.6) is 0 Å². The molecule has 0 radical (unpaired) electrons. The predicted molar refractivity (Wildman–Crippen MR) is 32.4 cm³/mol. The van der Waals surface area contributed by atoms with Crippen molar-refractivity contribution >= 4 is 35.3 Å². The molecule has 0 atom stereocenters. The average Bonchev–Trinajstić information content (AvgIpc) is 1.87. The molecule has 40 valence electrons. The van der Waals surface area contributed by atoms with Crippen LogP contribution in [0.25, 0.3) is 0 Å². The first kappa shape index (κ1) is 5.56. The second-order valence-corrected chi connectivity index (χ2v) is 2.76. The lowest BCUT2D eigenvalue weighted by Gasteiger charge is -1.97. The largest absolute Gasteiger partial charge is 0.213 e. The fourth-order valence-corrected chi connectivity index (χ4v) is 1.12. The zero-order valence-electron chi connectivity index (χ0n) is 3.19. The lowest BCUT2D eigenvalue weighted by molar-refractivity contribution is 0.599. The highest BCUT2D eigenvalue weighted by molar-refractivity contribution is 8.02. The smallest absolute Gasteiger partial charge is 0.109 e. The third-order valence-corrected chi connectivity index (χ3v) is 1.64. The monoisotopic (exact) mass is 156 g/mol. The van der Waals surface area contributed by atoms with Crippen molar-refractivity contribution in [3.8, 4) is 0 Å². The van der Waals surface area contributed by atoms with E-state index in [0.717, 1.165) is 0 Å². The van der Waals surface area contributed by atoms with Gasteiger partial charge in [-0.25, -0.2) is 4.53 Å². The molecule has 0 spiro atoms. The minimum absolute atomic E-state index is 0.648. The van der Waals surface area contributed by atoms with Gasteiger partial charge in [0.1, 0.15) is 4.36 Å². The first-order chi connectivity index (χ1) is 3.29. The van der Waals surface area contributed by atoms with Crippen LogP contribution in [-0.2, 0) is 0 Å². The predicted octanol–water partition coefficient (Wildman–Crippen LogP) is 1.65. The molecule has 0 saturated carbocycles. The van der Waals surface area contributed by atoms with Crippen LogP contribution in [-0.4, -0.2) is 4.53 Å². The molecule has 1 N–H and O–H groups in total. The summed E-state index contributed by atoms with van der Waals surface area (Å²) in [7, 11) is 0. The molecule has 0 aliphatic carbocycles. The Bertz CT molecular complexity index is 104. The fourth-order valence-electron chi connectivity index (χ4n) is 0.229. The summed E-state index contributed by atoms with van der Waals surface area (Å²) in [5, 5.41) is 0. The molecule has 0 aromatic rings. The van der Waals surface area contributed by atoms with E-state index in [1.165, 1.54) is 16.5 Å². The molecule has 1 aliphatic heterocycles. The Labute approximate surface area is 55.7 Å². The lowest BCUT2D eigenvalue weighted by atomic mass is 11.1. The minimum atomic E-state index is 0.648. The van der Waals surface area contributed by atoms with E-state index < -0.39 is 0 Å². The summed E-state index contributed by atoms with van der Waals surface area (Å²) in [5.41, 5.74) is 0. The Balaban J connectivity index is 2.50. The van der Waals surface area contributed by atoms with Crippen LogP contribution in [0.2, 0.25) is 0 Å². The summed E-state index contributed by atoms with van der Waals surface area (Å²) in [6.07, 6.45) is 1.58. The molecule has 0 aromatic carbocycles. The summed E-state index contributed by atoms with van der Waals surface area (Å²) in [4.78, 5) is 2.66. The standard InChI is InChI=1S/C2H2Cl2N2S/c3-2-1-6(4)5-7-2/h1,5H. The molecule has 1 rings (SSSR count). The highest BCUT2D eigenvalue weighted by Crippen LogP contribution is 2.23. The highest BCUT2D eigenvalue weighted by atomic mass is 35.5. The van der Waals surface area contributed by atoms with Gasteiger partial charge in [0, 0.05) is 11.8 Å². The molecule has 5 heteroatoms. The Morgan fingerprint density at radius 1 is 1.86 bits per heavy atom. The van der Waals surface area contributed by atoms with Gasteiger partial charge < -0.3 is 0 Å². The minimum Gasteiger partial charge on any atom is -0.213 e. The van der Waals surface area contributed by atoms with E-state index in [1.54, 1.807) is 6.20 Å². The van der Waals surface area contributed by atoms with E-state index in [9.17, 15) is 0 Å². The van der Waals surface area contributed by atoms with Crippen molar-refractivity contribution in [1.82, 2.24) is 9.36 Å². The van der Waals surface area contributed by atoms with E-state index in [1.807, 2.05) is 0 Å². The quantitative estimate of drug-likeness (QED) is 0.425. The van der Waals surface area contributed by atoms with Crippen molar-refractivity contribution in [3.63, 3.8) is 0 Å². The van der Waals surface area contributed by atoms with Crippen LogP contribution >= 0.6 is 35.3 Å². The van der Waals surface area contributed by atoms with Gasteiger partial charge in [0.15, 0.2) is 0 Å². The summed E-state index contributed by atoms with van der Waals surface area (Å²) in [6, 6.07) is 0. The number of hydrogen-bond acceptors (Lipinski definition) is 3. The van der Waals surface area contributed by atoms with Crippen LogP contribution in [0.4, 0.5) is 0 Å². The van der Waals surface area contributed by atoms with Crippen LogP contribution in [0.15, 0.2) is 10.6 Å². The first-order valence-corrected chi connectivity index (χ1v) is 3.07. The number of hydrogen-bond donors (Lipinski definition) is 1. The molecule has 0 fully saturated rings. The fraction of sp³-hybridized carbons (Fsp3) is 0. The maximum absolute atomic E-state index is 5.44. The maximum Gasteiger partial charge on any atom is 0.109 e. The van der Waals surface area contributed by atoms with Gasteiger partial charge in [0.2, 0.25) is 0 Å². The van der Waals surface area contributed by atoms with Crippen LogP contribution < -0.4 is 4.83 Å². The van der Waals surface area contributed by atoms with Crippen molar-refractivity contribution in [2.24, 2.45) is 0 Å². The van der Waals surface area contributed by atoms with Crippen molar-refractivity contribution in [3.05, 3.63) is 10.6 Å². The highest BCUT2D eigenvalue weighted by Gasteiger charge is 2.05.